The van der Waals surface area contributed by atoms with Gasteiger partial charge in [0.25, 0.3) is 0 Å². The van der Waals surface area contributed by atoms with Crippen LogP contribution < -0.4 is 0 Å². The molecule has 1 fully saturated rings. The first-order chi connectivity index (χ1) is 8.41. The van der Waals surface area contributed by atoms with Crippen LogP contribution in [0.5, 0.6) is 0 Å². The summed E-state index contributed by atoms with van der Waals surface area (Å²) < 4.78 is 0. The Hall–Kier alpha value is 2.88. The van der Waals surface area contributed by atoms with Gasteiger partial charge in [0.15, 0.2) is 0 Å². The molecular formula is C12H18Br6. The number of hydrogen-bond acceptors (Lipinski definition) is 0. The quantitative estimate of drug-likeness (QED) is 0.197. The molecule has 0 aliphatic heterocycles. The molecule has 0 nitrogen and oxygen atoms in total. The molecule has 108 valence electrons. The average molecular weight is 654 g/mol. The monoisotopic (exact) mass is 648 g/mol. The van der Waals surface area contributed by atoms with Gasteiger partial charge in [0.2, 0.25) is 0 Å². The Bertz CT molecular complexity index is 175. The van der Waals surface area contributed by atoms with E-state index in [4.69, 9.17) is 0 Å². The topological polar surface area (TPSA) is 0 Å². The Morgan fingerprint density at radius 3 is 0.556 bits per heavy atom. The lowest BCUT2D eigenvalue weighted by Crippen LogP contribution is -2.25. The first kappa shape index (κ1) is 18.9. The highest BCUT2D eigenvalue weighted by molar-refractivity contribution is 9.13. The predicted octanol–water partition coefficient (Wildman–Crippen LogP) is 6.92. The molecule has 1 saturated carbocycles. The number of hydrogen-bond donors (Lipinski definition) is 0. The molecule has 0 amide bonds. The fraction of sp³-hybridized carbons (Fsp3) is 1.00. The van der Waals surface area contributed by atoms with E-state index in [-0.39, 0.29) is 0 Å². The summed E-state index contributed by atoms with van der Waals surface area (Å²) >= 11 is 22.9. The third-order valence-corrected chi connectivity index (χ3v) is 12.0. The zero-order chi connectivity index (χ0) is 13.7. The van der Waals surface area contributed by atoms with Crippen LogP contribution in [0.1, 0.15) is 38.5 Å². The van der Waals surface area contributed by atoms with E-state index in [9.17, 15) is 0 Å². The first-order valence-electron chi connectivity index (χ1n) is 6.26. The zero-order valence-corrected chi connectivity index (χ0v) is 19.5. The van der Waals surface area contributed by atoms with Gasteiger partial charge in [0.1, 0.15) is 0 Å². The summed E-state index contributed by atoms with van der Waals surface area (Å²) in [6, 6.07) is 0. The standard InChI is InChI=1S/C12H18Br6/c13-7-1-2-8(14)10(16)5-6-12(18)11(17)4-3-9(7)15/h7-12H,1-6H2/t7-,8-,9+,10+,11-,12?/m0/s1/i1+1,2+1,3+1,4+1,5+1,6+1,7+1,8+1,9+1,10+1,11+1,12+1. The van der Waals surface area contributed by atoms with Crippen LogP contribution >= 0.6 is 95.6 Å². The maximum Gasteiger partial charge on any atom is 0.0271 e. The molecule has 1 unspecified atom stereocenters. The largest absolute Gasteiger partial charge is 0.0879 e. The van der Waals surface area contributed by atoms with Crippen molar-refractivity contribution in [1.82, 2.24) is 0 Å². The Balaban J connectivity index is 2.61. The fourth-order valence-corrected chi connectivity index (χ4v) is 5.21. The van der Waals surface area contributed by atoms with Crippen LogP contribution in [0.15, 0.2) is 0 Å². The lowest BCUT2D eigenvalue weighted by molar-refractivity contribution is 0.557. The molecule has 18 heavy (non-hydrogen) atoms. The number of rotatable bonds is 0. The summed E-state index contributed by atoms with van der Waals surface area (Å²) in [5.74, 6) is 0. The highest BCUT2D eigenvalue weighted by Crippen LogP contribution is 2.34. The van der Waals surface area contributed by atoms with Crippen molar-refractivity contribution in [3.63, 3.8) is 0 Å². The maximum atomic E-state index is 3.82. The van der Waals surface area contributed by atoms with Gasteiger partial charge in [-0.3, -0.25) is 0 Å². The summed E-state index contributed by atoms with van der Waals surface area (Å²) in [4.78, 5) is 3.36. The molecule has 1 rings (SSSR count). The van der Waals surface area contributed by atoms with Gasteiger partial charge < -0.3 is 0 Å². The minimum absolute atomic E-state index is 0.560. The van der Waals surface area contributed by atoms with Crippen molar-refractivity contribution in [2.45, 2.75) is 67.5 Å². The molecule has 0 N–H and O–H groups in total. The van der Waals surface area contributed by atoms with Gasteiger partial charge in [-0.05, 0) is 38.5 Å². The van der Waals surface area contributed by atoms with Crippen molar-refractivity contribution in [2.75, 3.05) is 0 Å². The summed E-state index contributed by atoms with van der Waals surface area (Å²) in [6.45, 7) is 0. The van der Waals surface area contributed by atoms with Gasteiger partial charge >= 0.3 is 0 Å². The molecule has 0 aromatic carbocycles. The Kier molecular flexibility index (Phi) is 10.3. The second kappa shape index (κ2) is 9.81. The van der Waals surface area contributed by atoms with Crippen molar-refractivity contribution in [1.29, 1.82) is 0 Å². The summed E-state index contributed by atoms with van der Waals surface area (Å²) in [6.07, 6.45) is 7.24. The van der Waals surface area contributed by atoms with Crippen molar-refractivity contribution in [2.24, 2.45) is 0 Å². The predicted molar refractivity (Wildman–Crippen MR) is 104 cm³/mol. The van der Waals surface area contributed by atoms with Gasteiger partial charge in [-0.2, -0.15) is 0 Å². The molecule has 0 bridgehead atoms. The molecule has 0 aromatic rings. The van der Waals surface area contributed by atoms with Crippen LogP contribution in [0.2, 0.25) is 0 Å². The van der Waals surface area contributed by atoms with Crippen molar-refractivity contribution >= 4 is 95.6 Å². The highest BCUT2D eigenvalue weighted by atomic mass is 79.9. The SMILES string of the molecule is Br[13CH]1[13CH2][13CH2][13C@@H](Br)[13C@@H](Br)[13CH2][13CH2][13C@H](Br)[13C@H](Br)[13CH2][13CH2][13C@@H]1Br. The van der Waals surface area contributed by atoms with Crippen molar-refractivity contribution < 1.29 is 0 Å². The zero-order valence-electron chi connectivity index (χ0n) is 9.97. The lowest BCUT2D eigenvalue weighted by atomic mass is 11.0. The summed E-state index contributed by atoms with van der Waals surface area (Å²) in [7, 11) is 0. The molecule has 1 aliphatic carbocycles. The van der Waals surface area contributed by atoms with E-state index < -0.39 is 0 Å². The molecule has 0 radical (unpaired) electrons. The van der Waals surface area contributed by atoms with Gasteiger partial charge in [-0.15, -0.1) is 0 Å². The molecule has 0 heterocycles. The van der Waals surface area contributed by atoms with E-state index in [2.05, 4.69) is 95.6 Å². The molecule has 6 heteroatoms. The second-order valence-corrected chi connectivity index (χ2v) is 11.9. The third kappa shape index (κ3) is 6.76. The molecule has 6 atom stereocenters. The molecule has 0 spiro atoms. The minimum atomic E-state index is 0.560. The smallest absolute Gasteiger partial charge is 0.0271 e. The van der Waals surface area contributed by atoms with E-state index >= 15 is 0 Å². The summed E-state index contributed by atoms with van der Waals surface area (Å²) in [5, 5.41) is 0. The van der Waals surface area contributed by atoms with E-state index in [1.807, 2.05) is 0 Å². The Labute approximate surface area is 161 Å². The van der Waals surface area contributed by atoms with Crippen LogP contribution in [-0.2, 0) is 0 Å². The van der Waals surface area contributed by atoms with E-state index in [0.717, 1.165) is 0 Å². The number of alkyl halides is 6. The van der Waals surface area contributed by atoms with Crippen molar-refractivity contribution in [3.05, 3.63) is 0 Å². The van der Waals surface area contributed by atoms with Gasteiger partial charge in [0, 0.05) is 29.0 Å². The molecule has 0 aromatic heterocycles. The van der Waals surface area contributed by atoms with E-state index in [1.165, 1.54) is 38.5 Å². The van der Waals surface area contributed by atoms with Crippen LogP contribution in [-0.4, -0.2) is 29.0 Å². The Morgan fingerprint density at radius 2 is 0.444 bits per heavy atom. The fourth-order valence-electron chi connectivity index (χ4n) is 2.04. The van der Waals surface area contributed by atoms with Crippen LogP contribution in [0.3, 0.4) is 0 Å². The molecule has 0 saturated heterocycles. The van der Waals surface area contributed by atoms with Gasteiger partial charge in [0.05, 0.1) is 0 Å². The maximum absolute atomic E-state index is 3.82. The number of halogens is 6. The third-order valence-electron chi connectivity index (χ3n) is 3.33. The van der Waals surface area contributed by atoms with Crippen LogP contribution in [0.4, 0.5) is 0 Å². The minimum Gasteiger partial charge on any atom is -0.0879 e. The summed E-state index contributed by atoms with van der Waals surface area (Å²) in [5.41, 5.74) is 0. The van der Waals surface area contributed by atoms with Gasteiger partial charge in [-0.25, -0.2) is 0 Å². The highest BCUT2D eigenvalue weighted by Gasteiger charge is 2.25. The van der Waals surface area contributed by atoms with Crippen LogP contribution in [0.25, 0.3) is 0 Å². The average Bonchev–Trinajstić information content (AvgIpc) is 2.36. The van der Waals surface area contributed by atoms with Crippen LogP contribution in [0, 0.1) is 0 Å². The normalized spacial score (nSPS) is 45.0. The van der Waals surface area contributed by atoms with E-state index in [1.54, 1.807) is 0 Å². The molecular weight excluding hydrogens is 635 g/mol. The van der Waals surface area contributed by atoms with Gasteiger partial charge in [-0.1, -0.05) is 95.6 Å². The second-order valence-electron chi connectivity index (χ2n) is 4.83. The first-order valence-corrected chi connectivity index (χ1v) is 11.8. The lowest BCUT2D eigenvalue weighted by Gasteiger charge is -2.25. The van der Waals surface area contributed by atoms with E-state index in [0.29, 0.717) is 29.0 Å². The Morgan fingerprint density at radius 1 is 0.333 bits per heavy atom. The molecule has 1 aliphatic rings. The van der Waals surface area contributed by atoms with Crippen molar-refractivity contribution in [3.8, 4) is 0 Å².